The van der Waals surface area contributed by atoms with E-state index >= 15 is 0 Å². The molecule has 1 N–H and O–H groups in total. The first-order valence-corrected chi connectivity index (χ1v) is 13.7. The van der Waals surface area contributed by atoms with Gasteiger partial charge in [-0.2, -0.15) is 18.4 Å². The van der Waals surface area contributed by atoms with Crippen LogP contribution in [0, 0.1) is 11.3 Å². The molecule has 1 aromatic carbocycles. The van der Waals surface area contributed by atoms with E-state index in [1.54, 1.807) is 24.3 Å². The van der Waals surface area contributed by atoms with E-state index in [0.717, 1.165) is 23.5 Å². The van der Waals surface area contributed by atoms with Crippen molar-refractivity contribution < 1.29 is 26.3 Å². The third kappa shape index (κ3) is 5.38. The van der Waals surface area contributed by atoms with Crippen LogP contribution in [-0.2, 0) is 14.8 Å². The van der Waals surface area contributed by atoms with Crippen LogP contribution in [-0.4, -0.2) is 50.6 Å². The Hall–Kier alpha value is -2.23. The number of alkyl halides is 4. The standard InChI is InChI=1S/C23H20Cl2F3N3O3S2/c1-31-9-7-17(13-31)34-19-10-16(6-8-22(19,25)23(26,27)28)30-36(32,33)20-11-18(21(24)35-20)15-4-2-14(12-29)3-5-15/h2-6,10-11,17,30H,7-9,13H2,1H3/t17-,22?/m1/s1. The number of likely N-dealkylation sites (tertiary alicyclic amines) is 1. The highest BCUT2D eigenvalue weighted by atomic mass is 35.5. The first-order valence-electron chi connectivity index (χ1n) is 10.7. The number of likely N-dealkylation sites (N-methyl/N-ethyl adjacent to an activating group) is 1. The van der Waals surface area contributed by atoms with E-state index in [4.69, 9.17) is 33.2 Å². The fourth-order valence-electron chi connectivity index (χ4n) is 3.90. The molecule has 2 aliphatic rings. The van der Waals surface area contributed by atoms with Crippen molar-refractivity contribution in [3.8, 4) is 17.2 Å². The lowest BCUT2D eigenvalue weighted by molar-refractivity contribution is -0.163. The molecule has 1 fully saturated rings. The van der Waals surface area contributed by atoms with E-state index < -0.39 is 39.4 Å². The van der Waals surface area contributed by atoms with Crippen molar-refractivity contribution in [2.75, 3.05) is 20.1 Å². The highest BCUT2D eigenvalue weighted by Crippen LogP contribution is 2.48. The number of nitrogens with one attached hydrogen (secondary N) is 1. The van der Waals surface area contributed by atoms with Crippen molar-refractivity contribution in [1.82, 2.24) is 9.62 Å². The summed E-state index contributed by atoms with van der Waals surface area (Å²) in [4.78, 5) is -0.874. The van der Waals surface area contributed by atoms with Crippen LogP contribution in [0.3, 0.4) is 0 Å². The fraction of sp³-hybridized carbons (Fsp3) is 0.348. The van der Waals surface area contributed by atoms with Gasteiger partial charge >= 0.3 is 6.18 Å². The Balaban J connectivity index is 1.60. The van der Waals surface area contributed by atoms with Gasteiger partial charge in [-0.05, 0) is 37.2 Å². The molecular weight excluding hydrogens is 558 g/mol. The van der Waals surface area contributed by atoms with Gasteiger partial charge in [0, 0.05) is 36.8 Å². The molecule has 1 saturated heterocycles. The van der Waals surface area contributed by atoms with E-state index in [0.29, 0.717) is 36.2 Å². The minimum Gasteiger partial charge on any atom is -0.491 e. The molecule has 2 aromatic rings. The Morgan fingerprint density at radius 1 is 1.31 bits per heavy atom. The maximum atomic E-state index is 13.9. The molecule has 2 atom stereocenters. The Morgan fingerprint density at radius 3 is 2.58 bits per heavy atom. The molecule has 0 bridgehead atoms. The second kappa shape index (κ2) is 9.91. The van der Waals surface area contributed by atoms with E-state index in [-0.39, 0.29) is 14.2 Å². The van der Waals surface area contributed by atoms with E-state index in [9.17, 15) is 21.6 Å². The van der Waals surface area contributed by atoms with E-state index in [1.165, 1.54) is 6.07 Å². The summed E-state index contributed by atoms with van der Waals surface area (Å²) >= 11 is 13.1. The number of halogens is 5. The second-order valence-corrected chi connectivity index (χ2v) is 12.7. The highest BCUT2D eigenvalue weighted by molar-refractivity contribution is 7.91. The lowest BCUT2D eigenvalue weighted by Crippen LogP contribution is -2.45. The number of allylic oxidation sites excluding steroid dienone is 3. The summed E-state index contributed by atoms with van der Waals surface area (Å²) in [6.07, 6.45) is -3.41. The predicted octanol–water partition coefficient (Wildman–Crippen LogP) is 5.65. The largest absolute Gasteiger partial charge is 0.491 e. The van der Waals surface area contributed by atoms with Crippen molar-refractivity contribution in [2.45, 2.75) is 34.2 Å². The molecule has 36 heavy (non-hydrogen) atoms. The SMILES string of the molecule is CN1CC[C@@H](OC2=CC(NS(=O)(=O)c3cc(-c4ccc(C#N)cc4)c(Cl)s3)=CCC2(Cl)C(F)(F)F)C1. The smallest absolute Gasteiger partial charge is 0.415 e. The lowest BCUT2D eigenvalue weighted by Gasteiger charge is -2.35. The third-order valence-electron chi connectivity index (χ3n) is 5.88. The number of benzene rings is 1. The number of nitrogens with zero attached hydrogens (tertiary/aromatic N) is 2. The molecule has 6 nitrogen and oxygen atoms in total. The molecular formula is C23H20Cl2F3N3O3S2. The zero-order chi connectivity index (χ0) is 26.3. The Kier molecular flexibility index (Phi) is 7.38. The summed E-state index contributed by atoms with van der Waals surface area (Å²) in [6, 6.07) is 9.81. The van der Waals surface area contributed by atoms with Crippen LogP contribution in [0.4, 0.5) is 13.2 Å². The van der Waals surface area contributed by atoms with Crippen LogP contribution in [0.25, 0.3) is 11.1 Å². The zero-order valence-corrected chi connectivity index (χ0v) is 21.9. The maximum absolute atomic E-state index is 13.9. The molecule has 13 heteroatoms. The molecule has 2 heterocycles. The van der Waals surface area contributed by atoms with Gasteiger partial charge in [0.2, 0.25) is 0 Å². The molecule has 1 aromatic heterocycles. The first kappa shape index (κ1) is 26.8. The van der Waals surface area contributed by atoms with Crippen LogP contribution < -0.4 is 4.72 Å². The minimum absolute atomic E-state index is 0.0821. The number of rotatable bonds is 6. The third-order valence-corrected chi connectivity index (χ3v) is 9.65. The molecule has 0 spiro atoms. The maximum Gasteiger partial charge on any atom is 0.415 e. The normalized spacial score (nSPS) is 23.1. The van der Waals surface area contributed by atoms with E-state index in [2.05, 4.69) is 4.72 Å². The predicted molar refractivity (Wildman–Crippen MR) is 132 cm³/mol. The van der Waals surface area contributed by atoms with Crippen molar-refractivity contribution in [2.24, 2.45) is 0 Å². The Bertz CT molecular complexity index is 1370. The van der Waals surface area contributed by atoms with Gasteiger partial charge in [0.05, 0.1) is 11.6 Å². The van der Waals surface area contributed by atoms with Crippen molar-refractivity contribution in [3.63, 3.8) is 0 Å². The number of ether oxygens (including phenoxy) is 1. The van der Waals surface area contributed by atoms with Crippen molar-refractivity contribution in [1.29, 1.82) is 5.26 Å². The summed E-state index contributed by atoms with van der Waals surface area (Å²) in [5, 5.41) is 8.95. The van der Waals surface area contributed by atoms with Crippen LogP contribution >= 0.6 is 34.5 Å². The molecule has 1 unspecified atom stereocenters. The number of nitriles is 1. The monoisotopic (exact) mass is 577 g/mol. The average Bonchev–Trinajstić information content (AvgIpc) is 3.41. The van der Waals surface area contributed by atoms with Crippen molar-refractivity contribution >= 4 is 44.6 Å². The molecule has 4 rings (SSSR count). The quantitative estimate of drug-likeness (QED) is 0.448. The molecule has 0 radical (unpaired) electrons. The van der Waals surface area contributed by atoms with Gasteiger partial charge in [0.15, 0.2) is 4.87 Å². The zero-order valence-electron chi connectivity index (χ0n) is 18.8. The summed E-state index contributed by atoms with van der Waals surface area (Å²) in [6.45, 7) is 1.09. The summed E-state index contributed by atoms with van der Waals surface area (Å²) in [7, 11) is -2.36. The summed E-state index contributed by atoms with van der Waals surface area (Å²) < 4.78 is 75.8. The summed E-state index contributed by atoms with van der Waals surface area (Å²) in [5.74, 6) is -0.542. The fourth-order valence-corrected chi connectivity index (χ4v) is 6.90. The van der Waals surface area contributed by atoms with Crippen LogP contribution in [0.5, 0.6) is 0 Å². The van der Waals surface area contributed by atoms with Crippen LogP contribution in [0.1, 0.15) is 18.4 Å². The molecule has 0 saturated carbocycles. The first-order chi connectivity index (χ1) is 16.8. The number of hydrogen-bond donors (Lipinski definition) is 1. The summed E-state index contributed by atoms with van der Waals surface area (Å²) in [5.41, 5.74) is 1.42. The average molecular weight is 578 g/mol. The Labute approximate surface area is 220 Å². The van der Waals surface area contributed by atoms with Crippen molar-refractivity contribution in [3.05, 3.63) is 63.8 Å². The molecule has 192 valence electrons. The van der Waals surface area contributed by atoms with Gasteiger partial charge in [-0.3, -0.25) is 4.72 Å². The lowest BCUT2D eigenvalue weighted by atomic mass is 9.95. The Morgan fingerprint density at radius 2 is 2.00 bits per heavy atom. The van der Waals surface area contributed by atoms with Crippen LogP contribution in [0.2, 0.25) is 4.34 Å². The minimum atomic E-state index is -4.82. The van der Waals surface area contributed by atoms with Gasteiger partial charge in [-0.1, -0.05) is 29.8 Å². The van der Waals surface area contributed by atoms with Crippen LogP contribution in [0.15, 0.2) is 58.1 Å². The topological polar surface area (TPSA) is 82.4 Å². The van der Waals surface area contributed by atoms with Gasteiger partial charge in [0.1, 0.15) is 20.4 Å². The molecule has 0 amide bonds. The number of hydrogen-bond acceptors (Lipinski definition) is 6. The van der Waals surface area contributed by atoms with Gasteiger partial charge in [-0.15, -0.1) is 22.9 Å². The number of sulfonamides is 1. The van der Waals surface area contributed by atoms with Gasteiger partial charge in [0.25, 0.3) is 10.0 Å². The van der Waals surface area contributed by atoms with Gasteiger partial charge in [-0.25, -0.2) is 8.42 Å². The highest BCUT2D eigenvalue weighted by Gasteiger charge is 2.58. The van der Waals surface area contributed by atoms with E-state index in [1.807, 2.05) is 18.0 Å². The number of thiophene rings is 1. The van der Waals surface area contributed by atoms with Gasteiger partial charge < -0.3 is 9.64 Å². The molecule has 1 aliphatic heterocycles. The molecule has 1 aliphatic carbocycles. The second-order valence-electron chi connectivity index (χ2n) is 8.51.